The van der Waals surface area contributed by atoms with Crippen LogP contribution in [0.2, 0.25) is 0 Å². The van der Waals surface area contributed by atoms with Crippen LogP contribution in [-0.2, 0) is 25.5 Å². The molecular formula is C22H28N2O5. The Morgan fingerprint density at radius 3 is 2.41 bits per heavy atom. The molecule has 2 aromatic carbocycles. The predicted octanol–water partition coefficient (Wildman–Crippen LogP) is 3.04. The Bertz CT molecular complexity index is 902. The molecule has 7 heteroatoms. The van der Waals surface area contributed by atoms with E-state index in [9.17, 15) is 14.4 Å². The first-order valence-corrected chi connectivity index (χ1v) is 9.47. The second kappa shape index (κ2) is 9.52. The maximum absolute atomic E-state index is 12.6. The Hall–Kier alpha value is -2.93. The van der Waals surface area contributed by atoms with Crippen LogP contribution < -0.4 is 11.1 Å². The van der Waals surface area contributed by atoms with Crippen LogP contribution in [0.3, 0.4) is 0 Å². The van der Waals surface area contributed by atoms with E-state index in [0.29, 0.717) is 12.0 Å². The van der Waals surface area contributed by atoms with E-state index in [0.717, 1.165) is 16.3 Å². The number of esters is 1. The van der Waals surface area contributed by atoms with Gasteiger partial charge in [0.15, 0.2) is 0 Å². The molecule has 0 spiro atoms. The number of hydrogen-bond donors (Lipinski definition) is 2. The number of imide groups is 1. The maximum Gasteiger partial charge on any atom is 0.413 e. The number of rotatable bonds is 6. The molecule has 2 aromatic rings. The molecule has 7 nitrogen and oxygen atoms in total. The molecular weight excluding hydrogens is 372 g/mol. The van der Waals surface area contributed by atoms with Gasteiger partial charge in [0.05, 0.1) is 13.0 Å². The summed E-state index contributed by atoms with van der Waals surface area (Å²) in [5.74, 6) is -1.62. The van der Waals surface area contributed by atoms with E-state index in [1.165, 1.54) is 7.11 Å². The van der Waals surface area contributed by atoms with Gasteiger partial charge in [0, 0.05) is 13.0 Å². The normalized spacial score (nSPS) is 12.3. The lowest BCUT2D eigenvalue weighted by Gasteiger charge is -2.22. The van der Waals surface area contributed by atoms with Crippen LogP contribution in [0.15, 0.2) is 36.4 Å². The minimum atomic E-state index is -0.843. The van der Waals surface area contributed by atoms with E-state index in [4.69, 9.17) is 10.5 Å². The molecule has 0 aromatic heterocycles. The molecule has 0 heterocycles. The van der Waals surface area contributed by atoms with E-state index in [-0.39, 0.29) is 18.9 Å². The molecule has 0 aliphatic rings. The molecule has 0 saturated carbocycles. The molecule has 0 bridgehead atoms. The average molecular weight is 400 g/mol. The summed E-state index contributed by atoms with van der Waals surface area (Å²) in [5, 5.41) is 4.09. The number of benzene rings is 2. The summed E-state index contributed by atoms with van der Waals surface area (Å²) in [7, 11) is 1.18. The smallest absolute Gasteiger partial charge is 0.413 e. The van der Waals surface area contributed by atoms with Gasteiger partial charge in [0.1, 0.15) is 5.60 Å². The fraction of sp³-hybridized carbons (Fsp3) is 0.409. The number of carbonyl (C=O) groups excluding carboxylic acids is 3. The highest BCUT2D eigenvalue weighted by atomic mass is 16.6. The van der Waals surface area contributed by atoms with Crippen molar-refractivity contribution in [3.8, 4) is 0 Å². The summed E-state index contributed by atoms with van der Waals surface area (Å²) in [4.78, 5) is 36.3. The van der Waals surface area contributed by atoms with Gasteiger partial charge in [-0.15, -0.1) is 0 Å². The first kappa shape index (κ1) is 22.4. The summed E-state index contributed by atoms with van der Waals surface area (Å²) in [6, 6.07) is 11.4. The Kier molecular flexibility index (Phi) is 7.34. The van der Waals surface area contributed by atoms with Crippen LogP contribution in [0.4, 0.5) is 4.79 Å². The maximum atomic E-state index is 12.6. The third-order valence-corrected chi connectivity index (χ3v) is 4.41. The first-order valence-electron chi connectivity index (χ1n) is 9.47. The van der Waals surface area contributed by atoms with Gasteiger partial charge in [-0.05, 0) is 49.1 Å². The molecule has 2 rings (SSSR count). The largest absolute Gasteiger partial charge is 0.460 e. The number of ether oxygens (including phenoxy) is 2. The van der Waals surface area contributed by atoms with Gasteiger partial charge in [-0.2, -0.15) is 0 Å². The van der Waals surface area contributed by atoms with Gasteiger partial charge >= 0.3 is 12.1 Å². The third-order valence-electron chi connectivity index (χ3n) is 4.41. The van der Waals surface area contributed by atoms with Crippen LogP contribution in [0, 0.1) is 0 Å². The fourth-order valence-electron chi connectivity index (χ4n) is 3.19. The summed E-state index contributed by atoms with van der Waals surface area (Å²) in [5.41, 5.74) is 6.81. The molecule has 0 radical (unpaired) electrons. The van der Waals surface area contributed by atoms with Crippen molar-refractivity contribution in [3.63, 3.8) is 0 Å². The number of hydrogen-bond acceptors (Lipinski definition) is 6. The molecule has 0 saturated heterocycles. The Balaban J connectivity index is 2.41. The second-order valence-electron chi connectivity index (χ2n) is 7.71. The van der Waals surface area contributed by atoms with E-state index in [1.54, 1.807) is 0 Å². The molecule has 3 N–H and O–H groups in total. The summed E-state index contributed by atoms with van der Waals surface area (Å²) in [6.07, 6.45) is -0.300. The third kappa shape index (κ3) is 6.02. The van der Waals surface area contributed by atoms with Crippen molar-refractivity contribution in [2.75, 3.05) is 13.7 Å². The summed E-state index contributed by atoms with van der Waals surface area (Å²) < 4.78 is 9.91. The predicted molar refractivity (Wildman–Crippen MR) is 110 cm³/mol. The van der Waals surface area contributed by atoms with Gasteiger partial charge in [0.25, 0.3) is 0 Å². The van der Waals surface area contributed by atoms with Crippen LogP contribution >= 0.6 is 0 Å². The zero-order valence-electron chi connectivity index (χ0n) is 17.3. The highest BCUT2D eigenvalue weighted by molar-refractivity contribution is 5.97. The number of methoxy groups -OCH3 is 1. The van der Waals surface area contributed by atoms with Gasteiger partial charge in [-0.3, -0.25) is 14.9 Å². The molecule has 156 valence electrons. The minimum Gasteiger partial charge on any atom is -0.460 e. The SMILES string of the molecule is COC(=O)NC(=O)C(CN)c1ccc2ccccc2c1CCC(=O)OC(C)(C)C. The van der Waals surface area contributed by atoms with E-state index < -0.39 is 23.5 Å². The lowest BCUT2D eigenvalue weighted by molar-refractivity contribution is -0.154. The number of alkyl carbamates (subject to hydrolysis) is 1. The molecule has 0 aliphatic carbocycles. The number of nitrogens with two attached hydrogens (primary N) is 1. The van der Waals surface area contributed by atoms with E-state index >= 15 is 0 Å². The highest BCUT2D eigenvalue weighted by Gasteiger charge is 2.25. The second-order valence-corrected chi connectivity index (χ2v) is 7.71. The average Bonchev–Trinajstić information content (AvgIpc) is 2.65. The van der Waals surface area contributed by atoms with Crippen LogP contribution in [0.25, 0.3) is 10.8 Å². The topological polar surface area (TPSA) is 108 Å². The number of nitrogens with one attached hydrogen (secondary N) is 1. The number of carbonyl (C=O) groups is 3. The number of aryl methyl sites for hydroxylation is 1. The number of fused-ring (bicyclic) bond motifs is 1. The van der Waals surface area contributed by atoms with Crippen molar-refractivity contribution in [1.29, 1.82) is 0 Å². The first-order chi connectivity index (χ1) is 13.7. The lowest BCUT2D eigenvalue weighted by Crippen LogP contribution is -2.37. The molecule has 0 fully saturated rings. The lowest BCUT2D eigenvalue weighted by atomic mass is 9.87. The van der Waals surface area contributed by atoms with Crippen molar-refractivity contribution in [2.45, 2.75) is 45.1 Å². The quantitative estimate of drug-likeness (QED) is 0.722. The van der Waals surface area contributed by atoms with Gasteiger partial charge in [-0.1, -0.05) is 36.4 Å². The van der Waals surface area contributed by atoms with Gasteiger partial charge in [0.2, 0.25) is 5.91 Å². The minimum absolute atomic E-state index is 0.000601. The Morgan fingerprint density at radius 1 is 1.10 bits per heavy atom. The molecule has 29 heavy (non-hydrogen) atoms. The molecule has 2 amide bonds. The van der Waals surface area contributed by atoms with Crippen LogP contribution in [-0.4, -0.2) is 37.2 Å². The van der Waals surface area contributed by atoms with Crippen LogP contribution in [0.1, 0.15) is 44.2 Å². The van der Waals surface area contributed by atoms with Crippen molar-refractivity contribution in [1.82, 2.24) is 5.32 Å². The fourth-order valence-corrected chi connectivity index (χ4v) is 3.19. The summed E-state index contributed by atoms with van der Waals surface area (Å²) >= 11 is 0. The zero-order chi connectivity index (χ0) is 21.6. The van der Waals surface area contributed by atoms with Crippen molar-refractivity contribution in [3.05, 3.63) is 47.5 Å². The van der Waals surface area contributed by atoms with Crippen molar-refractivity contribution < 1.29 is 23.9 Å². The Morgan fingerprint density at radius 2 is 1.79 bits per heavy atom. The molecule has 1 unspecified atom stereocenters. The van der Waals surface area contributed by atoms with Crippen molar-refractivity contribution in [2.24, 2.45) is 5.73 Å². The Labute approximate surface area is 170 Å². The molecule has 1 atom stereocenters. The van der Waals surface area contributed by atoms with Gasteiger partial charge in [-0.25, -0.2) is 4.79 Å². The highest BCUT2D eigenvalue weighted by Crippen LogP contribution is 2.29. The monoisotopic (exact) mass is 400 g/mol. The van der Waals surface area contributed by atoms with E-state index in [1.807, 2.05) is 57.2 Å². The van der Waals surface area contributed by atoms with E-state index in [2.05, 4.69) is 10.1 Å². The van der Waals surface area contributed by atoms with Crippen LogP contribution in [0.5, 0.6) is 0 Å². The zero-order valence-corrected chi connectivity index (χ0v) is 17.3. The van der Waals surface area contributed by atoms with Crippen molar-refractivity contribution >= 4 is 28.7 Å². The summed E-state index contributed by atoms with van der Waals surface area (Å²) in [6.45, 7) is 5.45. The molecule has 0 aliphatic heterocycles. The number of amides is 2. The van der Waals surface area contributed by atoms with Gasteiger partial charge < -0.3 is 15.2 Å². The standard InChI is InChI=1S/C22H28N2O5/c1-22(2,3)29-19(25)12-11-16-15-8-6-5-7-14(15)9-10-17(16)18(13-23)20(26)24-21(27)28-4/h5-10,18H,11-13,23H2,1-4H3,(H,24,26,27).